The summed E-state index contributed by atoms with van der Waals surface area (Å²) < 4.78 is 34.4. The van der Waals surface area contributed by atoms with Crippen LogP contribution in [0.15, 0.2) is 45.0 Å². The molecule has 0 fully saturated rings. The Morgan fingerprint density at radius 3 is 2.78 bits per heavy atom. The summed E-state index contributed by atoms with van der Waals surface area (Å²) in [6.45, 7) is 3.86. The van der Waals surface area contributed by atoms with Gasteiger partial charge >= 0.3 is 5.69 Å². The predicted octanol–water partition coefficient (Wildman–Crippen LogP) is 2.61. The molecular formula is C20H17ClF2N6O3. The van der Waals surface area contributed by atoms with Crippen LogP contribution in [0.5, 0.6) is 0 Å². The van der Waals surface area contributed by atoms with Crippen LogP contribution < -0.4 is 11.2 Å². The van der Waals surface area contributed by atoms with Gasteiger partial charge in [0.25, 0.3) is 5.56 Å². The topological polar surface area (TPSA) is 112 Å². The van der Waals surface area contributed by atoms with E-state index < -0.39 is 22.9 Å². The Morgan fingerprint density at radius 2 is 2.03 bits per heavy atom. The Hall–Kier alpha value is -3.60. The van der Waals surface area contributed by atoms with Gasteiger partial charge in [-0.1, -0.05) is 17.3 Å². The van der Waals surface area contributed by atoms with E-state index in [4.69, 9.17) is 16.1 Å². The summed E-state index contributed by atoms with van der Waals surface area (Å²) in [6.07, 6.45) is 2.19. The zero-order valence-electron chi connectivity index (χ0n) is 16.6. The van der Waals surface area contributed by atoms with Crippen LogP contribution in [0.1, 0.15) is 23.7 Å². The number of fused-ring (bicyclic) bond motifs is 1. The molecule has 4 rings (SSSR count). The molecule has 0 bridgehead atoms. The Labute approximate surface area is 184 Å². The lowest BCUT2D eigenvalue weighted by molar-refractivity contribution is 0.367. The number of benzene rings is 1. The zero-order valence-corrected chi connectivity index (χ0v) is 17.4. The van der Waals surface area contributed by atoms with E-state index in [1.807, 2.05) is 0 Å². The normalized spacial score (nSPS) is 11.3. The van der Waals surface area contributed by atoms with Crippen LogP contribution in [-0.2, 0) is 25.9 Å². The molecule has 3 heterocycles. The Morgan fingerprint density at radius 1 is 1.22 bits per heavy atom. The molecule has 1 N–H and O–H groups in total. The minimum Gasteiger partial charge on any atom is -0.339 e. The van der Waals surface area contributed by atoms with Gasteiger partial charge in [-0.2, -0.15) is 9.97 Å². The molecule has 9 nitrogen and oxygen atoms in total. The van der Waals surface area contributed by atoms with Gasteiger partial charge in [0.05, 0.1) is 0 Å². The fraction of sp³-hybridized carbons (Fsp3) is 0.250. The van der Waals surface area contributed by atoms with Crippen LogP contribution in [0.3, 0.4) is 0 Å². The molecule has 0 radical (unpaired) electrons. The van der Waals surface area contributed by atoms with E-state index >= 15 is 0 Å². The van der Waals surface area contributed by atoms with Gasteiger partial charge < -0.3 is 9.51 Å². The SMILES string of the molecule is C=CCn1c(=O)n(CCCc2nc(Cc3ccc(F)cc3F)no2)c(=O)c2[nH]c(Cl)nc21. The van der Waals surface area contributed by atoms with Gasteiger partial charge in [0.2, 0.25) is 11.2 Å². The van der Waals surface area contributed by atoms with E-state index in [0.717, 1.165) is 16.7 Å². The first-order valence-corrected chi connectivity index (χ1v) is 10.00. The van der Waals surface area contributed by atoms with Crippen molar-refractivity contribution in [2.45, 2.75) is 32.4 Å². The lowest BCUT2D eigenvalue weighted by Crippen LogP contribution is -2.40. The van der Waals surface area contributed by atoms with E-state index in [2.05, 4.69) is 26.7 Å². The summed E-state index contributed by atoms with van der Waals surface area (Å²) >= 11 is 5.87. The second-order valence-corrected chi connectivity index (χ2v) is 7.34. The summed E-state index contributed by atoms with van der Waals surface area (Å²) in [6, 6.07) is 3.26. The molecule has 4 aromatic rings. The smallest absolute Gasteiger partial charge is 0.333 e. The maximum atomic E-state index is 13.8. The summed E-state index contributed by atoms with van der Waals surface area (Å²) in [7, 11) is 0. The number of aromatic amines is 1. The number of nitrogens with one attached hydrogen (secondary N) is 1. The molecule has 32 heavy (non-hydrogen) atoms. The van der Waals surface area contributed by atoms with E-state index in [9.17, 15) is 18.4 Å². The zero-order chi connectivity index (χ0) is 22.8. The van der Waals surface area contributed by atoms with Gasteiger partial charge in [-0.25, -0.2) is 13.6 Å². The maximum Gasteiger partial charge on any atom is 0.333 e. The van der Waals surface area contributed by atoms with Crippen molar-refractivity contribution in [3.8, 4) is 0 Å². The number of H-pyrrole nitrogens is 1. The molecular weight excluding hydrogens is 446 g/mol. The first-order chi connectivity index (χ1) is 15.4. The minimum atomic E-state index is -0.694. The van der Waals surface area contributed by atoms with E-state index in [0.29, 0.717) is 6.42 Å². The van der Waals surface area contributed by atoms with Crippen molar-refractivity contribution in [1.82, 2.24) is 29.2 Å². The monoisotopic (exact) mass is 462 g/mol. The highest BCUT2D eigenvalue weighted by molar-refractivity contribution is 6.28. The highest BCUT2D eigenvalue weighted by Crippen LogP contribution is 2.14. The second-order valence-electron chi connectivity index (χ2n) is 6.99. The highest BCUT2D eigenvalue weighted by atomic mass is 35.5. The van der Waals surface area contributed by atoms with Crippen molar-refractivity contribution in [3.05, 3.63) is 85.9 Å². The molecule has 0 unspecified atom stereocenters. The van der Waals surface area contributed by atoms with Crippen molar-refractivity contribution in [3.63, 3.8) is 0 Å². The molecule has 0 amide bonds. The van der Waals surface area contributed by atoms with Crippen molar-refractivity contribution in [2.24, 2.45) is 0 Å². The summed E-state index contributed by atoms with van der Waals surface area (Å²) in [5.74, 6) is -0.851. The summed E-state index contributed by atoms with van der Waals surface area (Å²) in [5.41, 5.74) is -0.556. The van der Waals surface area contributed by atoms with Crippen LogP contribution in [-0.4, -0.2) is 29.2 Å². The van der Waals surface area contributed by atoms with Crippen molar-refractivity contribution in [1.29, 1.82) is 0 Å². The number of imidazole rings is 1. The highest BCUT2D eigenvalue weighted by Gasteiger charge is 2.17. The van der Waals surface area contributed by atoms with E-state index in [1.165, 1.54) is 16.7 Å². The van der Waals surface area contributed by atoms with Crippen LogP contribution in [0, 0.1) is 11.6 Å². The third kappa shape index (κ3) is 4.24. The van der Waals surface area contributed by atoms with Gasteiger partial charge in [-0.3, -0.25) is 13.9 Å². The first kappa shape index (κ1) is 21.6. The average molecular weight is 463 g/mol. The van der Waals surface area contributed by atoms with Gasteiger partial charge in [0.15, 0.2) is 17.0 Å². The molecule has 0 aliphatic rings. The number of aryl methyl sites for hydroxylation is 1. The van der Waals surface area contributed by atoms with E-state index in [1.54, 1.807) is 0 Å². The minimum absolute atomic E-state index is 0.00282. The number of aromatic nitrogens is 6. The van der Waals surface area contributed by atoms with Crippen molar-refractivity contribution < 1.29 is 13.3 Å². The first-order valence-electron chi connectivity index (χ1n) is 9.62. The lowest BCUT2D eigenvalue weighted by Gasteiger charge is -2.09. The Bertz CT molecular complexity index is 1420. The third-order valence-electron chi connectivity index (χ3n) is 4.79. The molecule has 1 aromatic carbocycles. The third-order valence-corrected chi connectivity index (χ3v) is 4.97. The van der Waals surface area contributed by atoms with Gasteiger partial charge in [0, 0.05) is 32.0 Å². The largest absolute Gasteiger partial charge is 0.339 e. The van der Waals surface area contributed by atoms with Crippen LogP contribution >= 0.6 is 11.6 Å². The Kier molecular flexibility index (Phi) is 5.99. The predicted molar refractivity (Wildman–Crippen MR) is 112 cm³/mol. The number of hydrogen-bond donors (Lipinski definition) is 1. The number of nitrogens with zero attached hydrogens (tertiary/aromatic N) is 5. The van der Waals surface area contributed by atoms with Gasteiger partial charge in [0.1, 0.15) is 11.6 Å². The van der Waals surface area contributed by atoms with Crippen molar-refractivity contribution >= 4 is 22.8 Å². The average Bonchev–Trinajstić information content (AvgIpc) is 3.36. The summed E-state index contributed by atoms with van der Waals surface area (Å²) in [5, 5.41) is 3.80. The van der Waals surface area contributed by atoms with Crippen LogP contribution in [0.4, 0.5) is 8.78 Å². The van der Waals surface area contributed by atoms with Crippen LogP contribution in [0.2, 0.25) is 5.28 Å². The van der Waals surface area contributed by atoms with Crippen LogP contribution in [0.25, 0.3) is 11.2 Å². The molecule has 12 heteroatoms. The molecule has 166 valence electrons. The molecule has 3 aromatic heterocycles. The van der Waals surface area contributed by atoms with E-state index in [-0.39, 0.29) is 59.7 Å². The molecule has 0 spiro atoms. The molecule has 0 saturated heterocycles. The Balaban J connectivity index is 1.49. The number of rotatable bonds is 8. The standard InChI is InChI=1S/C20H17ClF2N6O3/c1-2-7-28-17-16(25-19(21)26-17)18(30)29(20(28)31)8-3-4-15-24-14(27-32-15)9-11-5-6-12(22)10-13(11)23/h2,5-6,10H,1,3-4,7-9H2,(H,25,26). The lowest BCUT2D eigenvalue weighted by atomic mass is 10.1. The molecule has 0 aliphatic carbocycles. The summed E-state index contributed by atoms with van der Waals surface area (Å²) in [4.78, 5) is 36.3. The number of halogens is 3. The second kappa shape index (κ2) is 8.87. The maximum absolute atomic E-state index is 13.8. The van der Waals surface area contributed by atoms with Gasteiger partial charge in [-0.15, -0.1) is 6.58 Å². The molecule has 0 atom stereocenters. The molecule has 0 saturated carbocycles. The number of allylic oxidation sites excluding steroid dienone is 1. The van der Waals surface area contributed by atoms with Gasteiger partial charge in [-0.05, 0) is 29.7 Å². The quantitative estimate of drug-likeness (QED) is 0.318. The number of hydrogen-bond acceptors (Lipinski definition) is 6. The fourth-order valence-corrected chi connectivity index (χ4v) is 3.49. The molecule has 0 aliphatic heterocycles. The van der Waals surface area contributed by atoms with Crippen molar-refractivity contribution in [2.75, 3.05) is 0 Å². The fourth-order valence-electron chi connectivity index (χ4n) is 3.32.